The van der Waals surface area contributed by atoms with Gasteiger partial charge >= 0.3 is 5.97 Å². The molecule has 1 aliphatic rings. The van der Waals surface area contributed by atoms with E-state index in [4.69, 9.17) is 9.84 Å². The van der Waals surface area contributed by atoms with Crippen LogP contribution >= 0.6 is 0 Å². The molecule has 0 bridgehead atoms. The van der Waals surface area contributed by atoms with Gasteiger partial charge in [-0.2, -0.15) is 0 Å². The van der Waals surface area contributed by atoms with Gasteiger partial charge in [0.15, 0.2) is 0 Å². The molecule has 1 amide bonds. The van der Waals surface area contributed by atoms with Crippen LogP contribution in [0.5, 0.6) is 0 Å². The fraction of sp³-hybridized carbons (Fsp3) is 0.818. The molecular weight excluding hydrogens is 224 g/mol. The molecule has 0 aromatic heterocycles. The SMILES string of the molecule is CCN(CC(C)C(=O)O)C(=O)C1CNCCO1. The molecule has 1 heterocycles. The van der Waals surface area contributed by atoms with Gasteiger partial charge in [0.2, 0.25) is 0 Å². The van der Waals surface area contributed by atoms with Gasteiger partial charge in [-0.25, -0.2) is 0 Å². The van der Waals surface area contributed by atoms with Crippen molar-refractivity contribution in [2.45, 2.75) is 20.0 Å². The van der Waals surface area contributed by atoms with Crippen molar-refractivity contribution in [3.05, 3.63) is 0 Å². The van der Waals surface area contributed by atoms with E-state index in [-0.39, 0.29) is 12.5 Å². The van der Waals surface area contributed by atoms with E-state index >= 15 is 0 Å². The van der Waals surface area contributed by atoms with Crippen LogP contribution in [0.15, 0.2) is 0 Å². The van der Waals surface area contributed by atoms with E-state index in [0.29, 0.717) is 19.7 Å². The number of nitrogens with zero attached hydrogens (tertiary/aromatic N) is 1. The van der Waals surface area contributed by atoms with Crippen molar-refractivity contribution >= 4 is 11.9 Å². The minimum absolute atomic E-state index is 0.132. The van der Waals surface area contributed by atoms with Crippen LogP contribution in [0.25, 0.3) is 0 Å². The molecule has 2 N–H and O–H groups in total. The summed E-state index contributed by atoms with van der Waals surface area (Å²) in [4.78, 5) is 24.4. The van der Waals surface area contributed by atoms with Crippen molar-refractivity contribution in [2.75, 3.05) is 32.8 Å². The molecule has 1 fully saturated rings. The van der Waals surface area contributed by atoms with Crippen LogP contribution in [0.3, 0.4) is 0 Å². The average Bonchev–Trinajstić information content (AvgIpc) is 2.35. The molecule has 2 unspecified atom stereocenters. The quantitative estimate of drug-likeness (QED) is 0.684. The molecule has 0 aliphatic carbocycles. The fourth-order valence-corrected chi connectivity index (χ4v) is 1.71. The Hall–Kier alpha value is -1.14. The third kappa shape index (κ3) is 3.98. The standard InChI is InChI=1S/C11H20N2O4/c1-3-13(7-8(2)11(15)16)10(14)9-6-12-4-5-17-9/h8-9,12H,3-7H2,1-2H3,(H,15,16). The largest absolute Gasteiger partial charge is 0.481 e. The number of amides is 1. The van der Waals surface area contributed by atoms with Crippen molar-refractivity contribution in [2.24, 2.45) is 5.92 Å². The Bertz CT molecular complexity index is 277. The van der Waals surface area contributed by atoms with Crippen LogP contribution in [0.4, 0.5) is 0 Å². The van der Waals surface area contributed by atoms with E-state index in [9.17, 15) is 9.59 Å². The molecule has 1 rings (SSSR count). The van der Waals surface area contributed by atoms with E-state index in [1.54, 1.807) is 6.92 Å². The van der Waals surface area contributed by atoms with Crippen molar-refractivity contribution < 1.29 is 19.4 Å². The highest BCUT2D eigenvalue weighted by molar-refractivity contribution is 5.82. The second-order valence-electron chi connectivity index (χ2n) is 4.18. The maximum Gasteiger partial charge on any atom is 0.308 e. The molecule has 6 heteroatoms. The lowest BCUT2D eigenvalue weighted by atomic mass is 10.1. The van der Waals surface area contributed by atoms with E-state index in [1.165, 1.54) is 4.90 Å². The highest BCUT2D eigenvalue weighted by Gasteiger charge is 2.27. The first-order valence-corrected chi connectivity index (χ1v) is 5.90. The smallest absolute Gasteiger partial charge is 0.308 e. The molecule has 6 nitrogen and oxygen atoms in total. The lowest BCUT2D eigenvalue weighted by molar-refractivity contribution is -0.148. The Kier molecular flexibility index (Phi) is 5.37. The number of likely N-dealkylation sites (N-methyl/N-ethyl adjacent to an activating group) is 1. The molecule has 1 saturated heterocycles. The van der Waals surface area contributed by atoms with Gasteiger partial charge in [0.1, 0.15) is 6.10 Å². The summed E-state index contributed by atoms with van der Waals surface area (Å²) in [6, 6.07) is 0. The molecule has 2 atom stereocenters. The van der Waals surface area contributed by atoms with Crippen LogP contribution in [-0.2, 0) is 14.3 Å². The number of rotatable bonds is 5. The van der Waals surface area contributed by atoms with Crippen molar-refractivity contribution in [3.63, 3.8) is 0 Å². The summed E-state index contributed by atoms with van der Waals surface area (Å²) in [5.41, 5.74) is 0. The molecule has 0 radical (unpaired) electrons. The summed E-state index contributed by atoms with van der Waals surface area (Å²) in [6.07, 6.45) is -0.482. The fourth-order valence-electron chi connectivity index (χ4n) is 1.71. The number of hydrogen-bond donors (Lipinski definition) is 2. The van der Waals surface area contributed by atoms with Crippen molar-refractivity contribution in [1.82, 2.24) is 10.2 Å². The highest BCUT2D eigenvalue weighted by Crippen LogP contribution is 2.06. The van der Waals surface area contributed by atoms with Crippen LogP contribution in [0.1, 0.15) is 13.8 Å². The Labute approximate surface area is 101 Å². The maximum atomic E-state index is 12.1. The van der Waals surface area contributed by atoms with E-state index in [2.05, 4.69) is 5.32 Å². The first kappa shape index (κ1) is 13.9. The van der Waals surface area contributed by atoms with Gasteiger partial charge in [0.25, 0.3) is 5.91 Å². The summed E-state index contributed by atoms with van der Waals surface area (Å²) in [5.74, 6) is -1.58. The van der Waals surface area contributed by atoms with Gasteiger partial charge in [-0.05, 0) is 6.92 Å². The monoisotopic (exact) mass is 244 g/mol. The molecule has 0 aromatic rings. The molecule has 0 aromatic carbocycles. The summed E-state index contributed by atoms with van der Waals surface area (Å²) in [6.45, 7) is 5.92. The van der Waals surface area contributed by atoms with Gasteiger partial charge < -0.3 is 20.1 Å². The lowest BCUT2D eigenvalue weighted by Gasteiger charge is -2.29. The number of aliphatic carboxylic acids is 1. The Morgan fingerprint density at radius 3 is 2.76 bits per heavy atom. The Morgan fingerprint density at radius 2 is 2.29 bits per heavy atom. The van der Waals surface area contributed by atoms with Gasteiger partial charge in [-0.3, -0.25) is 9.59 Å². The summed E-state index contributed by atoms with van der Waals surface area (Å²) in [7, 11) is 0. The summed E-state index contributed by atoms with van der Waals surface area (Å²) >= 11 is 0. The third-order valence-corrected chi connectivity index (χ3v) is 2.81. The maximum absolute atomic E-state index is 12.1. The number of carbonyl (C=O) groups excluding carboxylic acids is 1. The summed E-state index contributed by atoms with van der Waals surface area (Å²) in [5, 5.41) is 11.9. The molecular formula is C11H20N2O4. The molecule has 1 aliphatic heterocycles. The number of carboxylic acid groups (broad SMARTS) is 1. The highest BCUT2D eigenvalue weighted by atomic mass is 16.5. The molecule has 0 saturated carbocycles. The first-order valence-electron chi connectivity index (χ1n) is 5.90. The van der Waals surface area contributed by atoms with Gasteiger partial charge in [0.05, 0.1) is 12.5 Å². The van der Waals surface area contributed by atoms with Gasteiger partial charge in [-0.1, -0.05) is 6.92 Å². The number of ether oxygens (including phenoxy) is 1. The van der Waals surface area contributed by atoms with E-state index in [1.807, 2.05) is 6.92 Å². The second-order valence-corrected chi connectivity index (χ2v) is 4.18. The second kappa shape index (κ2) is 6.56. The van der Waals surface area contributed by atoms with Gasteiger partial charge in [0, 0.05) is 26.2 Å². The van der Waals surface area contributed by atoms with Crippen LogP contribution in [0, 0.1) is 5.92 Å². The average molecular weight is 244 g/mol. The Balaban J connectivity index is 2.53. The zero-order valence-corrected chi connectivity index (χ0v) is 10.3. The topological polar surface area (TPSA) is 78.9 Å². The van der Waals surface area contributed by atoms with Crippen LogP contribution in [-0.4, -0.2) is 60.8 Å². The normalized spacial score (nSPS) is 21.9. The molecule has 0 spiro atoms. The lowest BCUT2D eigenvalue weighted by Crippen LogP contribution is -2.50. The minimum atomic E-state index is -0.890. The number of nitrogens with one attached hydrogen (secondary N) is 1. The number of hydrogen-bond acceptors (Lipinski definition) is 4. The van der Waals surface area contributed by atoms with Crippen LogP contribution in [0.2, 0.25) is 0 Å². The van der Waals surface area contributed by atoms with Crippen molar-refractivity contribution in [1.29, 1.82) is 0 Å². The predicted molar refractivity (Wildman–Crippen MR) is 61.7 cm³/mol. The third-order valence-electron chi connectivity index (χ3n) is 2.81. The molecule has 98 valence electrons. The zero-order chi connectivity index (χ0) is 12.8. The zero-order valence-electron chi connectivity index (χ0n) is 10.3. The van der Waals surface area contributed by atoms with Crippen LogP contribution < -0.4 is 5.32 Å². The Morgan fingerprint density at radius 1 is 1.59 bits per heavy atom. The van der Waals surface area contributed by atoms with E-state index < -0.39 is 18.0 Å². The summed E-state index contributed by atoms with van der Waals surface area (Å²) < 4.78 is 5.36. The van der Waals surface area contributed by atoms with Crippen molar-refractivity contribution in [3.8, 4) is 0 Å². The number of morpholine rings is 1. The van der Waals surface area contributed by atoms with E-state index in [0.717, 1.165) is 6.54 Å². The minimum Gasteiger partial charge on any atom is -0.481 e. The van der Waals surface area contributed by atoms with Gasteiger partial charge in [-0.15, -0.1) is 0 Å². The molecule has 17 heavy (non-hydrogen) atoms. The predicted octanol–water partition coefficient (Wildman–Crippen LogP) is -0.456. The number of carboxylic acids is 1. The first-order chi connectivity index (χ1) is 8.06. The number of carbonyl (C=O) groups is 2.